The Hall–Kier alpha value is -4.29. The molecule has 4 N–H and O–H groups in total. The van der Waals surface area contributed by atoms with E-state index in [2.05, 4.69) is 16.0 Å². The van der Waals surface area contributed by atoms with Gasteiger partial charge in [-0.15, -0.1) is 0 Å². The molecule has 49 heavy (non-hydrogen) atoms. The van der Waals surface area contributed by atoms with Crippen LogP contribution >= 0.6 is 0 Å². The van der Waals surface area contributed by atoms with E-state index in [0.29, 0.717) is 13.2 Å². The Morgan fingerprint density at radius 3 is 1.98 bits per heavy atom. The van der Waals surface area contributed by atoms with Crippen LogP contribution in [0.25, 0.3) is 0 Å². The molecule has 2 saturated heterocycles. The standard InChI is InChI=1S/C38H47N3O8/c1-38(2,3)49-37(45)41-28(19-25-13-7-4-8-14-25)31(42)21-33(43)39-29(20-26-15-9-5-10-16-26)36(44)40-30-23-47-35-32(24-48-34(30)35)46-22-27-17-11-6-12-18-27/h4-18,28-32,34-35,42H,19-24H2,1-3H3,(H,39,43)(H,40,44)(H,41,45)/t28-,29-,30-,31-,32+,34+,35+/m0/s1. The molecule has 2 fully saturated rings. The quantitative estimate of drug-likeness (QED) is 0.204. The van der Waals surface area contributed by atoms with E-state index < -0.39 is 53.8 Å². The summed E-state index contributed by atoms with van der Waals surface area (Å²) < 4.78 is 23.6. The molecule has 0 radical (unpaired) electrons. The molecule has 3 aromatic carbocycles. The summed E-state index contributed by atoms with van der Waals surface area (Å²) in [5.41, 5.74) is 2.02. The normalized spacial score (nSPS) is 22.0. The molecule has 0 spiro atoms. The highest BCUT2D eigenvalue weighted by Gasteiger charge is 2.49. The molecular weight excluding hydrogens is 626 g/mol. The fraction of sp³-hybridized carbons (Fsp3) is 0.447. The maximum absolute atomic E-state index is 13.8. The van der Waals surface area contributed by atoms with Gasteiger partial charge in [0.05, 0.1) is 44.4 Å². The van der Waals surface area contributed by atoms with Gasteiger partial charge in [-0.1, -0.05) is 91.0 Å². The van der Waals surface area contributed by atoms with Gasteiger partial charge in [0.15, 0.2) is 0 Å². The maximum atomic E-state index is 13.8. The van der Waals surface area contributed by atoms with Gasteiger partial charge in [-0.25, -0.2) is 4.79 Å². The Morgan fingerprint density at radius 1 is 0.796 bits per heavy atom. The van der Waals surface area contributed by atoms with Crippen LogP contribution in [0.3, 0.4) is 0 Å². The zero-order valence-electron chi connectivity index (χ0n) is 28.2. The van der Waals surface area contributed by atoms with Crippen molar-refractivity contribution in [2.24, 2.45) is 0 Å². The zero-order chi connectivity index (χ0) is 34.8. The van der Waals surface area contributed by atoms with E-state index in [1.54, 1.807) is 20.8 Å². The van der Waals surface area contributed by atoms with E-state index >= 15 is 0 Å². The van der Waals surface area contributed by atoms with Crippen molar-refractivity contribution in [3.05, 3.63) is 108 Å². The van der Waals surface area contributed by atoms with Crippen LogP contribution in [0.2, 0.25) is 0 Å². The minimum absolute atomic E-state index is 0.226. The van der Waals surface area contributed by atoms with Gasteiger partial charge >= 0.3 is 6.09 Å². The number of carbonyl (C=O) groups is 3. The second-order valence-electron chi connectivity index (χ2n) is 13.6. The Kier molecular flexibility index (Phi) is 12.4. The van der Waals surface area contributed by atoms with E-state index in [1.165, 1.54) is 0 Å². The third-order valence-corrected chi connectivity index (χ3v) is 8.44. The minimum atomic E-state index is -1.27. The van der Waals surface area contributed by atoms with Crippen molar-refractivity contribution >= 4 is 17.9 Å². The lowest BCUT2D eigenvalue weighted by Crippen LogP contribution is -2.54. The first-order valence-electron chi connectivity index (χ1n) is 16.8. The van der Waals surface area contributed by atoms with Gasteiger partial charge in [0.1, 0.15) is 30.0 Å². The number of nitrogens with one attached hydrogen (secondary N) is 3. The summed E-state index contributed by atoms with van der Waals surface area (Å²) in [7, 11) is 0. The number of aliphatic hydroxyl groups is 1. The first kappa shape index (κ1) is 36.0. The van der Waals surface area contributed by atoms with Crippen LogP contribution in [-0.4, -0.2) is 84.4 Å². The third-order valence-electron chi connectivity index (χ3n) is 8.44. The molecule has 0 unspecified atom stereocenters. The van der Waals surface area contributed by atoms with Crippen molar-refractivity contribution in [2.75, 3.05) is 13.2 Å². The number of fused-ring (bicyclic) bond motifs is 1. The Bertz CT molecular complexity index is 1500. The fourth-order valence-electron chi connectivity index (χ4n) is 6.05. The van der Waals surface area contributed by atoms with Crippen LogP contribution in [0.1, 0.15) is 43.9 Å². The largest absolute Gasteiger partial charge is 0.444 e. The molecule has 3 amide bonds. The molecule has 7 atom stereocenters. The van der Waals surface area contributed by atoms with Crippen molar-refractivity contribution in [1.29, 1.82) is 0 Å². The molecule has 2 heterocycles. The van der Waals surface area contributed by atoms with Crippen LogP contribution < -0.4 is 16.0 Å². The van der Waals surface area contributed by atoms with Crippen molar-refractivity contribution in [3.63, 3.8) is 0 Å². The Morgan fingerprint density at radius 2 is 1.37 bits per heavy atom. The van der Waals surface area contributed by atoms with Crippen molar-refractivity contribution in [2.45, 2.75) is 94.8 Å². The Balaban J connectivity index is 1.21. The molecule has 11 nitrogen and oxygen atoms in total. The first-order chi connectivity index (χ1) is 23.5. The van der Waals surface area contributed by atoms with Gasteiger partial charge in [-0.2, -0.15) is 0 Å². The number of hydrogen-bond acceptors (Lipinski definition) is 8. The molecule has 262 valence electrons. The molecule has 0 aromatic heterocycles. The van der Waals surface area contributed by atoms with Crippen molar-refractivity contribution < 1.29 is 38.4 Å². The summed E-state index contributed by atoms with van der Waals surface area (Å²) in [6, 6.07) is 26.4. The molecule has 2 aliphatic heterocycles. The van der Waals surface area contributed by atoms with Gasteiger partial charge < -0.3 is 40.0 Å². The number of benzene rings is 3. The van der Waals surface area contributed by atoms with Crippen LogP contribution in [0.4, 0.5) is 4.79 Å². The summed E-state index contributed by atoms with van der Waals surface area (Å²) in [5.74, 6) is -0.939. The summed E-state index contributed by atoms with van der Waals surface area (Å²) >= 11 is 0. The molecule has 0 saturated carbocycles. The second-order valence-corrected chi connectivity index (χ2v) is 13.6. The number of aliphatic hydroxyl groups excluding tert-OH is 1. The van der Waals surface area contributed by atoms with Crippen molar-refractivity contribution in [3.8, 4) is 0 Å². The number of amides is 3. The maximum Gasteiger partial charge on any atom is 0.407 e. The highest BCUT2D eigenvalue weighted by atomic mass is 16.6. The molecular formula is C38H47N3O8. The number of ether oxygens (including phenoxy) is 4. The van der Waals surface area contributed by atoms with Crippen molar-refractivity contribution in [1.82, 2.24) is 16.0 Å². The van der Waals surface area contributed by atoms with Gasteiger partial charge in [-0.05, 0) is 43.9 Å². The SMILES string of the molecule is CC(C)(C)OC(=O)N[C@@H](Cc1ccccc1)[C@@H](O)CC(=O)N[C@@H](Cc1ccccc1)C(=O)N[C@H]1CO[C@H]2[C@@H]1OC[C@H]2OCc1ccccc1. The molecule has 5 rings (SSSR count). The van der Waals surface area contributed by atoms with E-state index in [-0.39, 0.29) is 38.1 Å². The van der Waals surface area contributed by atoms with Gasteiger partial charge in [0.2, 0.25) is 11.8 Å². The zero-order valence-corrected chi connectivity index (χ0v) is 28.2. The van der Waals surface area contributed by atoms with Gasteiger partial charge in [0, 0.05) is 6.42 Å². The number of alkyl carbamates (subject to hydrolysis) is 1. The van der Waals surface area contributed by atoms with E-state index in [0.717, 1.165) is 16.7 Å². The van der Waals surface area contributed by atoms with E-state index in [9.17, 15) is 19.5 Å². The van der Waals surface area contributed by atoms with Crippen LogP contribution in [0.15, 0.2) is 91.0 Å². The number of hydrogen-bond donors (Lipinski definition) is 4. The minimum Gasteiger partial charge on any atom is -0.444 e. The average molecular weight is 674 g/mol. The topological polar surface area (TPSA) is 144 Å². The predicted molar refractivity (Wildman–Crippen MR) is 182 cm³/mol. The van der Waals surface area contributed by atoms with E-state index in [1.807, 2.05) is 91.0 Å². The molecule has 2 aliphatic rings. The lowest BCUT2D eigenvalue weighted by Gasteiger charge is -2.27. The lowest BCUT2D eigenvalue weighted by molar-refractivity contribution is -0.131. The number of carbonyl (C=O) groups excluding carboxylic acids is 3. The third kappa shape index (κ3) is 10.9. The van der Waals surface area contributed by atoms with Crippen LogP contribution in [0.5, 0.6) is 0 Å². The van der Waals surface area contributed by atoms with E-state index in [4.69, 9.17) is 18.9 Å². The Labute approximate surface area is 287 Å². The monoisotopic (exact) mass is 673 g/mol. The lowest BCUT2D eigenvalue weighted by atomic mass is 9.98. The highest BCUT2D eigenvalue weighted by molar-refractivity contribution is 5.88. The van der Waals surface area contributed by atoms with Crippen LogP contribution in [0, 0.1) is 0 Å². The molecule has 0 aliphatic carbocycles. The summed E-state index contributed by atoms with van der Waals surface area (Å²) in [5, 5.41) is 19.8. The molecule has 11 heteroatoms. The number of rotatable bonds is 14. The predicted octanol–water partition coefficient (Wildman–Crippen LogP) is 3.47. The van der Waals surface area contributed by atoms with Gasteiger partial charge in [0.25, 0.3) is 0 Å². The summed E-state index contributed by atoms with van der Waals surface area (Å²) in [6.45, 7) is 6.25. The van der Waals surface area contributed by atoms with Crippen LogP contribution in [-0.2, 0) is 48.0 Å². The molecule has 3 aromatic rings. The summed E-state index contributed by atoms with van der Waals surface area (Å²) in [6.07, 6.45) is -2.82. The van der Waals surface area contributed by atoms with Gasteiger partial charge in [-0.3, -0.25) is 9.59 Å². The first-order valence-corrected chi connectivity index (χ1v) is 16.8. The average Bonchev–Trinajstić information content (AvgIpc) is 3.66. The fourth-order valence-corrected chi connectivity index (χ4v) is 6.05. The second kappa shape index (κ2) is 16.9. The molecule has 0 bridgehead atoms. The summed E-state index contributed by atoms with van der Waals surface area (Å²) in [4.78, 5) is 39.8. The smallest absolute Gasteiger partial charge is 0.407 e. The highest BCUT2D eigenvalue weighted by Crippen LogP contribution is 2.29.